The molecule has 1 atom stereocenters. The average molecular weight is 447 g/mol. The number of hydrogen-bond acceptors (Lipinski definition) is 5. The average Bonchev–Trinajstić information content (AvgIpc) is 2.71. The zero-order valence-electron chi connectivity index (χ0n) is 18.0. The molecule has 0 radical (unpaired) electrons. The number of carbonyl (C=O) groups is 1. The second kappa shape index (κ2) is 9.07. The van der Waals surface area contributed by atoms with Crippen molar-refractivity contribution in [2.75, 3.05) is 24.1 Å². The van der Waals surface area contributed by atoms with E-state index in [9.17, 15) is 18.7 Å². The second-order valence-corrected chi connectivity index (χ2v) is 8.44. The van der Waals surface area contributed by atoms with Crippen LogP contribution in [0, 0.1) is 5.41 Å². The van der Waals surface area contributed by atoms with E-state index in [2.05, 4.69) is 15.6 Å². The highest BCUT2D eigenvalue weighted by molar-refractivity contribution is 6.01. The zero-order valence-corrected chi connectivity index (χ0v) is 18.0. The molecule has 0 unspecified atom stereocenters. The fraction of sp³-hybridized carbons (Fsp3) is 0.409. The summed E-state index contributed by atoms with van der Waals surface area (Å²) in [5.74, 6) is -2.53. The van der Waals surface area contributed by atoms with Gasteiger partial charge in [0.2, 0.25) is 0 Å². The number of urea groups is 1. The van der Waals surface area contributed by atoms with Gasteiger partial charge in [-0.1, -0.05) is 30.3 Å². The van der Waals surface area contributed by atoms with E-state index in [1.807, 2.05) is 18.2 Å². The predicted molar refractivity (Wildman–Crippen MR) is 119 cm³/mol. The molecule has 8 nitrogen and oxygen atoms in total. The number of halogens is 2. The van der Waals surface area contributed by atoms with Crippen molar-refractivity contribution in [1.29, 1.82) is 5.41 Å². The minimum absolute atomic E-state index is 0.0210. The maximum Gasteiger partial charge on any atom is 0.320 e. The summed E-state index contributed by atoms with van der Waals surface area (Å²) in [5, 5.41) is 24.1. The van der Waals surface area contributed by atoms with Gasteiger partial charge >= 0.3 is 6.03 Å². The Bertz CT molecular complexity index is 968. The van der Waals surface area contributed by atoms with Crippen molar-refractivity contribution in [3.63, 3.8) is 0 Å². The molecule has 3 rings (SSSR count). The zero-order chi connectivity index (χ0) is 23.5. The van der Waals surface area contributed by atoms with Gasteiger partial charge < -0.3 is 21.1 Å². The number of benzene rings is 1. The monoisotopic (exact) mass is 446 g/mol. The lowest BCUT2D eigenvalue weighted by Crippen LogP contribution is -2.44. The van der Waals surface area contributed by atoms with Crippen molar-refractivity contribution in [3.8, 4) is 0 Å². The van der Waals surface area contributed by atoms with Crippen LogP contribution in [0.5, 0.6) is 0 Å². The molecule has 6 N–H and O–H groups in total. The number of nitrogens with two attached hydrogens (primary N) is 1. The van der Waals surface area contributed by atoms with Gasteiger partial charge in [0.05, 0.1) is 17.2 Å². The molecule has 0 saturated carbocycles. The van der Waals surface area contributed by atoms with Gasteiger partial charge in [-0.15, -0.1) is 0 Å². The Morgan fingerprint density at radius 2 is 1.91 bits per heavy atom. The van der Waals surface area contributed by atoms with Gasteiger partial charge in [0.25, 0.3) is 5.92 Å². The highest BCUT2D eigenvalue weighted by Crippen LogP contribution is 2.29. The molecule has 172 valence electrons. The predicted octanol–water partition coefficient (Wildman–Crippen LogP) is 3.35. The number of carbonyl (C=O) groups excluding carboxylic acids is 1. The molecule has 2 amide bonds. The molecule has 1 aromatic heterocycles. The molecule has 1 fully saturated rings. The topological polar surface area (TPSA) is 127 Å². The number of aromatic nitrogens is 1. The molecule has 32 heavy (non-hydrogen) atoms. The molecule has 1 aliphatic heterocycles. The Hall–Kier alpha value is -3.27. The highest BCUT2D eigenvalue weighted by Gasteiger charge is 2.35. The summed E-state index contributed by atoms with van der Waals surface area (Å²) < 4.78 is 26.7. The molecule has 1 aromatic carbocycles. The molecule has 1 aliphatic rings. The lowest BCUT2D eigenvalue weighted by Gasteiger charge is -2.33. The lowest BCUT2D eigenvalue weighted by molar-refractivity contribution is -0.0434. The first kappa shape index (κ1) is 23.4. The van der Waals surface area contributed by atoms with Crippen molar-refractivity contribution < 1.29 is 18.7 Å². The van der Waals surface area contributed by atoms with Crippen LogP contribution in [-0.2, 0) is 0 Å². The lowest BCUT2D eigenvalue weighted by atomic mass is 9.92. The van der Waals surface area contributed by atoms with E-state index in [1.54, 1.807) is 30.9 Å². The third-order valence-corrected chi connectivity index (χ3v) is 5.36. The van der Waals surface area contributed by atoms with Crippen LogP contribution in [0.1, 0.15) is 43.9 Å². The Kier molecular flexibility index (Phi) is 6.63. The SMILES string of the molecule is CC(C)(O)[C@@H](NC(=O)Nc1cc(N)c(C(=N)N2CCC(F)(F)CC2)cn1)c1ccccc1. The largest absolute Gasteiger partial charge is 0.398 e. The number of piperidine rings is 1. The maximum atomic E-state index is 13.4. The minimum atomic E-state index is -2.71. The number of hydrogen-bond donors (Lipinski definition) is 5. The number of nitrogens with zero attached hydrogens (tertiary/aromatic N) is 2. The number of pyridine rings is 1. The van der Waals surface area contributed by atoms with Crippen molar-refractivity contribution >= 4 is 23.4 Å². The van der Waals surface area contributed by atoms with Gasteiger partial charge in [0.1, 0.15) is 11.7 Å². The third-order valence-electron chi connectivity index (χ3n) is 5.36. The van der Waals surface area contributed by atoms with E-state index in [0.29, 0.717) is 5.56 Å². The number of aliphatic hydroxyl groups is 1. The van der Waals surface area contributed by atoms with Gasteiger partial charge in [-0.25, -0.2) is 18.6 Å². The number of anilines is 2. The molecule has 0 spiro atoms. The summed E-state index contributed by atoms with van der Waals surface area (Å²) in [6, 6.07) is 9.21. The van der Waals surface area contributed by atoms with Crippen molar-refractivity contribution in [2.45, 2.75) is 44.3 Å². The van der Waals surface area contributed by atoms with Gasteiger partial charge in [-0.05, 0) is 19.4 Å². The molecular formula is C22H28F2N6O2. The number of nitrogen functional groups attached to an aromatic ring is 1. The van der Waals surface area contributed by atoms with Crippen LogP contribution in [0.2, 0.25) is 0 Å². The fourth-order valence-electron chi connectivity index (χ4n) is 3.56. The van der Waals surface area contributed by atoms with E-state index in [0.717, 1.165) is 5.56 Å². The Labute approximate surface area is 185 Å². The van der Waals surface area contributed by atoms with Crippen LogP contribution in [0.25, 0.3) is 0 Å². The van der Waals surface area contributed by atoms with Crippen molar-refractivity contribution in [1.82, 2.24) is 15.2 Å². The van der Waals surface area contributed by atoms with E-state index >= 15 is 0 Å². The quantitative estimate of drug-likeness (QED) is 0.356. The van der Waals surface area contributed by atoms with Crippen LogP contribution in [-0.4, -0.2) is 51.5 Å². The van der Waals surface area contributed by atoms with Gasteiger partial charge in [-0.3, -0.25) is 10.7 Å². The van der Waals surface area contributed by atoms with Crippen molar-refractivity contribution in [2.24, 2.45) is 0 Å². The maximum absolute atomic E-state index is 13.4. The Morgan fingerprint density at radius 1 is 1.28 bits per heavy atom. The summed E-state index contributed by atoms with van der Waals surface area (Å²) in [5.41, 5.74) is 6.06. The van der Waals surface area contributed by atoms with Gasteiger partial charge in [-0.2, -0.15) is 0 Å². The summed E-state index contributed by atoms with van der Waals surface area (Å²) in [6.07, 6.45) is 0.712. The smallest absolute Gasteiger partial charge is 0.320 e. The van der Waals surface area contributed by atoms with E-state index in [-0.39, 0.29) is 43.3 Å². The normalized spacial score (nSPS) is 16.8. The molecule has 2 aromatic rings. The molecule has 0 bridgehead atoms. The highest BCUT2D eigenvalue weighted by atomic mass is 19.3. The minimum Gasteiger partial charge on any atom is -0.398 e. The van der Waals surface area contributed by atoms with Crippen LogP contribution >= 0.6 is 0 Å². The second-order valence-electron chi connectivity index (χ2n) is 8.44. The molecule has 2 heterocycles. The number of nitrogens with one attached hydrogen (secondary N) is 3. The summed E-state index contributed by atoms with van der Waals surface area (Å²) in [6.45, 7) is 3.31. The standard InChI is InChI=1S/C22H28F2N6O2/c1-21(2,32)18(14-6-4-3-5-7-14)29-20(31)28-17-12-16(25)15(13-27-17)19(26)30-10-8-22(23,24)9-11-30/h3-7,12-13,18,26,32H,8-11H2,1-2H3,(H4,25,27,28,29,31)/t18-/m0/s1. The van der Waals surface area contributed by atoms with Crippen molar-refractivity contribution in [3.05, 3.63) is 53.7 Å². The Balaban J connectivity index is 1.67. The first-order valence-corrected chi connectivity index (χ1v) is 10.3. The number of rotatable bonds is 5. The van der Waals surface area contributed by atoms with E-state index in [4.69, 9.17) is 11.1 Å². The molecule has 1 saturated heterocycles. The van der Waals surface area contributed by atoms with E-state index in [1.165, 1.54) is 12.3 Å². The van der Waals surface area contributed by atoms with Crippen LogP contribution < -0.4 is 16.4 Å². The molecule has 0 aliphatic carbocycles. The van der Waals surface area contributed by atoms with Crippen LogP contribution in [0.4, 0.5) is 25.1 Å². The number of likely N-dealkylation sites (tertiary alicyclic amines) is 1. The van der Waals surface area contributed by atoms with E-state index < -0.39 is 23.6 Å². The van der Waals surface area contributed by atoms with Gasteiger partial charge in [0, 0.05) is 43.9 Å². The van der Waals surface area contributed by atoms with Crippen LogP contribution in [0.15, 0.2) is 42.6 Å². The summed E-state index contributed by atoms with van der Waals surface area (Å²) in [7, 11) is 0. The van der Waals surface area contributed by atoms with Crippen LogP contribution in [0.3, 0.4) is 0 Å². The third kappa shape index (κ3) is 5.70. The number of amides is 2. The molecular weight excluding hydrogens is 418 g/mol. The summed E-state index contributed by atoms with van der Waals surface area (Å²) >= 11 is 0. The molecule has 10 heteroatoms. The number of amidine groups is 1. The Morgan fingerprint density at radius 3 is 2.47 bits per heavy atom. The number of alkyl halides is 2. The van der Waals surface area contributed by atoms with Gasteiger partial charge in [0.15, 0.2) is 0 Å². The first-order chi connectivity index (χ1) is 15.0. The fourth-order valence-corrected chi connectivity index (χ4v) is 3.56. The first-order valence-electron chi connectivity index (χ1n) is 10.3. The summed E-state index contributed by atoms with van der Waals surface area (Å²) in [4.78, 5) is 18.2.